The van der Waals surface area contributed by atoms with Gasteiger partial charge in [0.2, 0.25) is 15.9 Å². The van der Waals surface area contributed by atoms with E-state index in [9.17, 15) is 13.2 Å². The summed E-state index contributed by atoms with van der Waals surface area (Å²) in [6.45, 7) is 5.22. The third kappa shape index (κ3) is 4.55. The lowest BCUT2D eigenvalue weighted by molar-refractivity contribution is -0.126. The molecule has 0 unspecified atom stereocenters. The average molecular weight is 384 g/mol. The number of nitrogens with one attached hydrogen (secondary N) is 1. The summed E-state index contributed by atoms with van der Waals surface area (Å²) >= 11 is 0. The van der Waals surface area contributed by atoms with Crippen LogP contribution in [0.25, 0.3) is 0 Å². The fourth-order valence-electron chi connectivity index (χ4n) is 3.18. The van der Waals surface area contributed by atoms with Gasteiger partial charge in [-0.25, -0.2) is 8.42 Å². The first-order chi connectivity index (χ1) is 12.3. The maximum Gasteiger partial charge on any atom is 0.243 e. The lowest BCUT2D eigenvalue weighted by Crippen LogP contribution is -2.43. The van der Waals surface area contributed by atoms with Crippen LogP contribution in [0.15, 0.2) is 17.0 Å². The second-order valence-electron chi connectivity index (χ2n) is 6.55. The van der Waals surface area contributed by atoms with Crippen molar-refractivity contribution in [3.63, 3.8) is 0 Å². The Balaban J connectivity index is 2.06. The van der Waals surface area contributed by atoms with Gasteiger partial charge in [-0.1, -0.05) is 0 Å². The van der Waals surface area contributed by atoms with Crippen molar-refractivity contribution in [1.82, 2.24) is 9.62 Å². The van der Waals surface area contributed by atoms with Gasteiger partial charge < -0.3 is 14.8 Å². The van der Waals surface area contributed by atoms with Gasteiger partial charge in [0.05, 0.1) is 18.6 Å². The zero-order chi connectivity index (χ0) is 19.3. The summed E-state index contributed by atoms with van der Waals surface area (Å²) in [6, 6.07) is 3.41. The number of amides is 1. The molecule has 7 nitrogen and oxygen atoms in total. The van der Waals surface area contributed by atoms with Crippen LogP contribution >= 0.6 is 0 Å². The highest BCUT2D eigenvalue weighted by Gasteiger charge is 2.33. The van der Waals surface area contributed by atoms with E-state index in [2.05, 4.69) is 5.32 Å². The van der Waals surface area contributed by atoms with Crippen molar-refractivity contribution in [3.8, 4) is 5.75 Å². The van der Waals surface area contributed by atoms with Gasteiger partial charge in [0.25, 0.3) is 0 Å². The van der Waals surface area contributed by atoms with Crippen LogP contribution in [0, 0.1) is 19.8 Å². The Morgan fingerprint density at radius 1 is 1.19 bits per heavy atom. The minimum absolute atomic E-state index is 0.0319. The Bertz CT molecular complexity index is 740. The Labute approximate surface area is 155 Å². The van der Waals surface area contributed by atoms with Crippen molar-refractivity contribution in [3.05, 3.63) is 23.3 Å². The number of piperidine rings is 1. The van der Waals surface area contributed by atoms with E-state index in [1.54, 1.807) is 33.3 Å². The first kappa shape index (κ1) is 20.7. The molecule has 0 radical (unpaired) electrons. The molecule has 0 bridgehead atoms. The number of hydrogen-bond donors (Lipinski definition) is 1. The maximum absolute atomic E-state index is 13.0. The van der Waals surface area contributed by atoms with Crippen LogP contribution in [0.2, 0.25) is 0 Å². The molecule has 0 atom stereocenters. The zero-order valence-corrected chi connectivity index (χ0v) is 16.7. The van der Waals surface area contributed by atoms with Crippen LogP contribution in [-0.4, -0.2) is 59.1 Å². The predicted octanol–water partition coefficient (Wildman–Crippen LogP) is 1.48. The quantitative estimate of drug-likeness (QED) is 0.720. The van der Waals surface area contributed by atoms with E-state index in [0.29, 0.717) is 55.3 Å². The molecule has 0 aromatic heterocycles. The van der Waals surface area contributed by atoms with Crippen molar-refractivity contribution in [2.75, 3.05) is 40.5 Å². The third-order valence-electron chi connectivity index (χ3n) is 4.74. The molecule has 1 saturated heterocycles. The number of sulfonamides is 1. The summed E-state index contributed by atoms with van der Waals surface area (Å²) in [5, 5.41) is 2.82. The molecule has 0 aliphatic carbocycles. The lowest BCUT2D eigenvalue weighted by atomic mass is 9.97. The number of carbonyl (C=O) groups is 1. The molecule has 1 aromatic carbocycles. The molecule has 1 fully saturated rings. The second-order valence-corrected chi connectivity index (χ2v) is 8.46. The molecule has 1 aromatic rings. The summed E-state index contributed by atoms with van der Waals surface area (Å²) in [5.41, 5.74) is 1.44. The minimum atomic E-state index is -3.58. The molecule has 26 heavy (non-hydrogen) atoms. The summed E-state index contributed by atoms with van der Waals surface area (Å²) in [6.07, 6.45) is 1.04. The Morgan fingerprint density at radius 2 is 1.85 bits per heavy atom. The Kier molecular flexibility index (Phi) is 7.02. The van der Waals surface area contributed by atoms with Crippen LogP contribution in [-0.2, 0) is 19.6 Å². The van der Waals surface area contributed by atoms with Crippen LogP contribution in [0.4, 0.5) is 0 Å². The van der Waals surface area contributed by atoms with Gasteiger partial charge in [0, 0.05) is 32.7 Å². The molecule has 1 amide bonds. The maximum atomic E-state index is 13.0. The fraction of sp³-hybridized carbons (Fsp3) is 0.611. The van der Waals surface area contributed by atoms with E-state index in [1.807, 2.05) is 6.92 Å². The molecule has 1 aliphatic rings. The Hall–Kier alpha value is -1.64. The minimum Gasteiger partial charge on any atom is -0.496 e. The van der Waals surface area contributed by atoms with Crippen molar-refractivity contribution in [2.45, 2.75) is 31.6 Å². The number of carbonyl (C=O) groups excluding carboxylic acids is 1. The number of ether oxygens (including phenoxy) is 2. The van der Waals surface area contributed by atoms with E-state index in [1.165, 1.54) is 4.31 Å². The molecule has 8 heteroatoms. The summed E-state index contributed by atoms with van der Waals surface area (Å²) in [5.74, 6) is 0.487. The smallest absolute Gasteiger partial charge is 0.243 e. The highest BCUT2D eigenvalue weighted by Crippen LogP contribution is 2.30. The topological polar surface area (TPSA) is 84.9 Å². The van der Waals surface area contributed by atoms with Crippen molar-refractivity contribution in [2.24, 2.45) is 5.92 Å². The average Bonchev–Trinajstić information content (AvgIpc) is 2.63. The first-order valence-corrected chi connectivity index (χ1v) is 10.2. The van der Waals surface area contributed by atoms with Crippen molar-refractivity contribution in [1.29, 1.82) is 0 Å². The summed E-state index contributed by atoms with van der Waals surface area (Å²) in [7, 11) is -0.435. The van der Waals surface area contributed by atoms with Gasteiger partial charge in [-0.2, -0.15) is 4.31 Å². The number of hydrogen-bond acceptors (Lipinski definition) is 5. The Morgan fingerprint density at radius 3 is 2.42 bits per heavy atom. The largest absolute Gasteiger partial charge is 0.496 e. The molecule has 146 valence electrons. The number of methoxy groups -OCH3 is 2. The van der Waals surface area contributed by atoms with E-state index in [0.717, 1.165) is 5.56 Å². The molecule has 0 saturated carbocycles. The highest BCUT2D eigenvalue weighted by atomic mass is 32.2. The van der Waals surface area contributed by atoms with Crippen LogP contribution in [0.3, 0.4) is 0 Å². The number of benzene rings is 1. The van der Waals surface area contributed by atoms with Gasteiger partial charge in [-0.05, 0) is 49.9 Å². The molecule has 0 spiro atoms. The second kappa shape index (κ2) is 8.83. The first-order valence-electron chi connectivity index (χ1n) is 8.73. The number of rotatable bonds is 7. The van der Waals surface area contributed by atoms with E-state index in [4.69, 9.17) is 9.47 Å². The molecular weight excluding hydrogens is 356 g/mol. The van der Waals surface area contributed by atoms with Gasteiger partial charge in [0.15, 0.2) is 0 Å². The van der Waals surface area contributed by atoms with E-state index in [-0.39, 0.29) is 11.8 Å². The third-order valence-corrected chi connectivity index (χ3v) is 6.78. The normalized spacial score (nSPS) is 16.5. The van der Waals surface area contributed by atoms with Crippen molar-refractivity contribution >= 4 is 15.9 Å². The number of nitrogens with zero attached hydrogens (tertiary/aromatic N) is 1. The summed E-state index contributed by atoms with van der Waals surface area (Å²) < 4.78 is 37.7. The molecular formula is C18H28N2O5S. The van der Waals surface area contributed by atoms with Crippen LogP contribution in [0.5, 0.6) is 5.75 Å². The molecule has 1 N–H and O–H groups in total. The van der Waals surface area contributed by atoms with Gasteiger partial charge in [-0.3, -0.25) is 4.79 Å². The van der Waals surface area contributed by atoms with Crippen LogP contribution in [0.1, 0.15) is 24.0 Å². The highest BCUT2D eigenvalue weighted by molar-refractivity contribution is 7.89. The fourth-order valence-corrected chi connectivity index (χ4v) is 4.94. The monoisotopic (exact) mass is 384 g/mol. The molecule has 2 rings (SSSR count). The van der Waals surface area contributed by atoms with Crippen molar-refractivity contribution < 1.29 is 22.7 Å². The molecule has 1 aliphatic heterocycles. The van der Waals surface area contributed by atoms with Gasteiger partial charge in [0.1, 0.15) is 5.75 Å². The zero-order valence-electron chi connectivity index (χ0n) is 15.9. The lowest BCUT2D eigenvalue weighted by Gasteiger charge is -2.31. The van der Waals surface area contributed by atoms with Crippen LogP contribution < -0.4 is 10.1 Å². The van der Waals surface area contributed by atoms with E-state index < -0.39 is 10.0 Å². The van der Waals surface area contributed by atoms with E-state index >= 15 is 0 Å². The SMILES string of the molecule is COCCNC(=O)C1CCN(S(=O)(=O)c2cc(C)c(OC)cc2C)CC1. The standard InChI is InChI=1S/C18H28N2O5S/c1-13-12-17(14(2)11-16(13)25-4)26(22,23)20-8-5-15(6-9-20)18(21)19-7-10-24-3/h11-12,15H,5-10H2,1-4H3,(H,19,21). The predicted molar refractivity (Wildman–Crippen MR) is 98.8 cm³/mol. The van der Waals surface area contributed by atoms with Gasteiger partial charge in [-0.15, -0.1) is 0 Å². The van der Waals surface area contributed by atoms with Gasteiger partial charge >= 0.3 is 0 Å². The number of aryl methyl sites for hydroxylation is 2. The summed E-state index contributed by atoms with van der Waals surface area (Å²) in [4.78, 5) is 12.4. The molecule has 1 heterocycles.